The molecule has 0 fully saturated rings. The predicted octanol–water partition coefficient (Wildman–Crippen LogP) is 3.18. The summed E-state index contributed by atoms with van der Waals surface area (Å²) in [7, 11) is 1.46. The highest BCUT2D eigenvalue weighted by Crippen LogP contribution is 2.24. The standard InChI is InChI=1S/C13H19F3N2/c1-10(2)17-8-11-6-4-5-7-12(11)18(3)9-13(14,15)16/h4-7,10,17H,8-9H2,1-3H3. The number of hydrogen-bond donors (Lipinski definition) is 1. The van der Waals surface area contributed by atoms with E-state index in [2.05, 4.69) is 5.32 Å². The van der Waals surface area contributed by atoms with Crippen LogP contribution in [0.1, 0.15) is 19.4 Å². The van der Waals surface area contributed by atoms with Gasteiger partial charge in [-0.1, -0.05) is 32.0 Å². The molecule has 0 atom stereocenters. The minimum atomic E-state index is -4.19. The van der Waals surface area contributed by atoms with Crippen molar-refractivity contribution in [2.24, 2.45) is 0 Å². The lowest BCUT2D eigenvalue weighted by molar-refractivity contribution is -0.119. The quantitative estimate of drug-likeness (QED) is 0.874. The van der Waals surface area contributed by atoms with Crippen molar-refractivity contribution >= 4 is 5.69 Å². The molecule has 0 heterocycles. The Morgan fingerprint density at radius 1 is 1.22 bits per heavy atom. The van der Waals surface area contributed by atoms with Crippen molar-refractivity contribution < 1.29 is 13.2 Å². The first-order valence-electron chi connectivity index (χ1n) is 5.89. The third-order valence-corrected chi connectivity index (χ3v) is 2.52. The number of halogens is 3. The van der Waals surface area contributed by atoms with E-state index >= 15 is 0 Å². The first-order valence-corrected chi connectivity index (χ1v) is 5.89. The summed E-state index contributed by atoms with van der Waals surface area (Å²) in [6.45, 7) is 3.63. The molecule has 0 aliphatic heterocycles. The molecule has 5 heteroatoms. The number of anilines is 1. The van der Waals surface area contributed by atoms with E-state index in [1.807, 2.05) is 26.0 Å². The van der Waals surface area contributed by atoms with Crippen molar-refractivity contribution in [2.45, 2.75) is 32.6 Å². The van der Waals surface area contributed by atoms with Gasteiger partial charge in [0.05, 0.1) is 0 Å². The zero-order chi connectivity index (χ0) is 13.8. The lowest BCUT2D eigenvalue weighted by Gasteiger charge is -2.24. The fourth-order valence-electron chi connectivity index (χ4n) is 1.70. The Morgan fingerprint density at radius 3 is 2.39 bits per heavy atom. The zero-order valence-corrected chi connectivity index (χ0v) is 10.9. The molecule has 0 amide bonds. The van der Waals surface area contributed by atoms with Crippen molar-refractivity contribution in [3.63, 3.8) is 0 Å². The molecule has 0 aliphatic rings. The SMILES string of the molecule is CC(C)NCc1ccccc1N(C)CC(F)(F)F. The van der Waals surface area contributed by atoms with Crippen molar-refractivity contribution in [1.29, 1.82) is 0 Å². The van der Waals surface area contributed by atoms with Gasteiger partial charge in [0.25, 0.3) is 0 Å². The van der Waals surface area contributed by atoms with Crippen molar-refractivity contribution in [1.82, 2.24) is 5.32 Å². The normalized spacial score (nSPS) is 11.9. The van der Waals surface area contributed by atoms with Gasteiger partial charge in [-0.2, -0.15) is 13.2 Å². The van der Waals surface area contributed by atoms with Crippen LogP contribution in [0, 0.1) is 0 Å². The molecular weight excluding hydrogens is 241 g/mol. The lowest BCUT2D eigenvalue weighted by atomic mass is 10.1. The Bertz CT molecular complexity index is 375. The monoisotopic (exact) mass is 260 g/mol. The highest BCUT2D eigenvalue weighted by atomic mass is 19.4. The van der Waals surface area contributed by atoms with E-state index in [9.17, 15) is 13.2 Å². The second kappa shape index (κ2) is 6.09. The van der Waals surface area contributed by atoms with E-state index in [0.717, 1.165) is 5.56 Å². The molecule has 0 radical (unpaired) electrons. The number of benzene rings is 1. The average molecular weight is 260 g/mol. The number of nitrogens with zero attached hydrogens (tertiary/aromatic N) is 1. The van der Waals surface area contributed by atoms with Crippen LogP contribution in [0.15, 0.2) is 24.3 Å². The molecule has 102 valence electrons. The van der Waals surface area contributed by atoms with E-state index in [1.54, 1.807) is 12.1 Å². The van der Waals surface area contributed by atoms with E-state index in [4.69, 9.17) is 0 Å². The molecule has 1 rings (SSSR count). The molecule has 0 aliphatic carbocycles. The highest BCUT2D eigenvalue weighted by molar-refractivity contribution is 5.53. The summed E-state index contributed by atoms with van der Waals surface area (Å²) < 4.78 is 37.1. The summed E-state index contributed by atoms with van der Waals surface area (Å²) in [6, 6.07) is 7.44. The number of nitrogens with one attached hydrogen (secondary N) is 1. The average Bonchev–Trinajstić information content (AvgIpc) is 2.24. The minimum absolute atomic E-state index is 0.297. The molecule has 2 nitrogen and oxygen atoms in total. The number of hydrogen-bond acceptors (Lipinski definition) is 2. The van der Waals surface area contributed by atoms with Gasteiger partial charge in [-0.05, 0) is 11.6 Å². The maximum Gasteiger partial charge on any atom is 0.405 e. The smallest absolute Gasteiger partial charge is 0.365 e. The van der Waals surface area contributed by atoms with Crippen LogP contribution in [0.3, 0.4) is 0 Å². The van der Waals surface area contributed by atoms with E-state index in [-0.39, 0.29) is 0 Å². The molecular formula is C13H19F3N2. The molecule has 0 aromatic heterocycles. The molecule has 0 saturated heterocycles. The summed E-state index contributed by atoms with van der Waals surface area (Å²) in [4.78, 5) is 1.23. The molecule has 0 bridgehead atoms. The Morgan fingerprint density at radius 2 is 1.83 bits per heavy atom. The van der Waals surface area contributed by atoms with Crippen LogP contribution in [0.5, 0.6) is 0 Å². The van der Waals surface area contributed by atoms with E-state index in [0.29, 0.717) is 18.3 Å². The lowest BCUT2D eigenvalue weighted by Crippen LogP contribution is -2.32. The summed E-state index contributed by atoms with van der Waals surface area (Å²) in [5, 5.41) is 3.21. The Hall–Kier alpha value is -1.23. The summed E-state index contributed by atoms with van der Waals surface area (Å²) in [5.74, 6) is 0. The fraction of sp³-hybridized carbons (Fsp3) is 0.538. The number of rotatable bonds is 5. The van der Waals surface area contributed by atoms with Gasteiger partial charge in [0.1, 0.15) is 6.54 Å². The maximum atomic E-state index is 12.4. The van der Waals surface area contributed by atoms with Gasteiger partial charge >= 0.3 is 6.18 Å². The Labute approximate surface area is 106 Å². The summed E-state index contributed by atoms with van der Waals surface area (Å²) in [5.41, 5.74) is 1.49. The molecule has 0 spiro atoms. The topological polar surface area (TPSA) is 15.3 Å². The number of alkyl halides is 3. The zero-order valence-electron chi connectivity index (χ0n) is 10.9. The van der Waals surface area contributed by atoms with Gasteiger partial charge in [-0.3, -0.25) is 0 Å². The van der Waals surface area contributed by atoms with Crippen LogP contribution in [-0.2, 0) is 6.54 Å². The molecule has 0 saturated carbocycles. The van der Waals surface area contributed by atoms with Crippen molar-refractivity contribution in [3.8, 4) is 0 Å². The van der Waals surface area contributed by atoms with Gasteiger partial charge in [0.15, 0.2) is 0 Å². The fourth-order valence-corrected chi connectivity index (χ4v) is 1.70. The van der Waals surface area contributed by atoms with Gasteiger partial charge in [0, 0.05) is 25.3 Å². The first kappa shape index (κ1) is 14.8. The van der Waals surface area contributed by atoms with Crippen LogP contribution in [0.25, 0.3) is 0 Å². The van der Waals surface area contributed by atoms with Crippen LogP contribution >= 0.6 is 0 Å². The predicted molar refractivity (Wildman–Crippen MR) is 67.7 cm³/mol. The second-order valence-electron chi connectivity index (χ2n) is 4.64. The third-order valence-electron chi connectivity index (χ3n) is 2.52. The summed E-state index contributed by atoms with van der Waals surface area (Å²) >= 11 is 0. The van der Waals surface area contributed by atoms with Gasteiger partial charge < -0.3 is 10.2 Å². The number of para-hydroxylation sites is 1. The van der Waals surface area contributed by atoms with Gasteiger partial charge in [-0.15, -0.1) is 0 Å². The third kappa shape index (κ3) is 4.96. The summed E-state index contributed by atoms with van der Waals surface area (Å²) in [6.07, 6.45) is -4.19. The maximum absolute atomic E-state index is 12.4. The van der Waals surface area contributed by atoms with Crippen LogP contribution in [0.4, 0.5) is 18.9 Å². The molecule has 0 unspecified atom stereocenters. The van der Waals surface area contributed by atoms with Crippen molar-refractivity contribution in [2.75, 3.05) is 18.5 Å². The first-order chi connectivity index (χ1) is 8.29. The van der Waals surface area contributed by atoms with Crippen LogP contribution < -0.4 is 10.2 Å². The second-order valence-corrected chi connectivity index (χ2v) is 4.64. The van der Waals surface area contributed by atoms with Crippen molar-refractivity contribution in [3.05, 3.63) is 29.8 Å². The molecule has 1 aromatic rings. The molecule has 1 N–H and O–H groups in total. The Balaban J connectivity index is 2.80. The van der Waals surface area contributed by atoms with Gasteiger partial charge in [-0.25, -0.2) is 0 Å². The molecule has 18 heavy (non-hydrogen) atoms. The van der Waals surface area contributed by atoms with E-state index < -0.39 is 12.7 Å². The molecule has 1 aromatic carbocycles. The Kier molecular flexibility index (Phi) is 5.02. The van der Waals surface area contributed by atoms with E-state index in [1.165, 1.54) is 11.9 Å². The van der Waals surface area contributed by atoms with Crippen LogP contribution in [-0.4, -0.2) is 25.8 Å². The highest BCUT2D eigenvalue weighted by Gasteiger charge is 2.29. The largest absolute Gasteiger partial charge is 0.405 e. The van der Waals surface area contributed by atoms with Crippen LogP contribution in [0.2, 0.25) is 0 Å². The van der Waals surface area contributed by atoms with Gasteiger partial charge in [0.2, 0.25) is 0 Å². The minimum Gasteiger partial charge on any atom is -0.365 e.